The Morgan fingerprint density at radius 2 is 0.730 bits per heavy atom. The predicted octanol–water partition coefficient (Wildman–Crippen LogP) is 17.0. The number of benzene rings is 11. The highest BCUT2D eigenvalue weighted by molar-refractivity contribution is 6.15. The van der Waals surface area contributed by atoms with E-state index < -0.39 is 6.17 Å². The van der Waals surface area contributed by atoms with Crippen molar-refractivity contribution in [3.8, 4) is 39.1 Å². The van der Waals surface area contributed by atoms with Crippen molar-refractivity contribution in [2.24, 2.45) is 10.7 Å². The van der Waals surface area contributed by atoms with Crippen LogP contribution in [0.5, 0.6) is 0 Å². The Morgan fingerprint density at radius 1 is 0.365 bits per heavy atom. The molecule has 0 spiro atoms. The summed E-state index contributed by atoms with van der Waals surface area (Å²) in [6.07, 6.45) is -0.572. The summed E-state index contributed by atoms with van der Waals surface area (Å²) < 4.78 is 4.57. The molecule has 0 saturated heterocycles. The molecule has 13 rings (SSSR count). The van der Waals surface area contributed by atoms with Gasteiger partial charge in [-0.15, -0.1) is 0 Å². The maximum atomic E-state index is 6.82. The van der Waals surface area contributed by atoms with Gasteiger partial charge in [-0.1, -0.05) is 182 Å². The van der Waals surface area contributed by atoms with Crippen LogP contribution < -0.4 is 16.1 Å². The van der Waals surface area contributed by atoms with Gasteiger partial charge < -0.3 is 15.2 Å². The van der Waals surface area contributed by atoms with E-state index >= 15 is 0 Å². The first-order valence-corrected chi connectivity index (χ1v) is 25.1. The van der Waals surface area contributed by atoms with Gasteiger partial charge in [0, 0.05) is 49.9 Å². The molecule has 0 saturated carbocycles. The molecule has 3 N–H and O–H groups in total. The molecule has 2 aromatic heterocycles. The Hall–Kier alpha value is -9.75. The van der Waals surface area contributed by atoms with Gasteiger partial charge in [-0.3, -0.25) is 10.1 Å². The third-order valence-corrected chi connectivity index (χ3v) is 14.1. The molecular weight excluding hydrogens is 901 g/mol. The maximum absolute atomic E-state index is 6.82. The minimum atomic E-state index is -0.572. The summed E-state index contributed by atoms with van der Waals surface area (Å²) in [6.45, 7) is 0. The highest BCUT2D eigenvalue weighted by Crippen LogP contribution is 2.41. The molecule has 0 aliphatic carbocycles. The van der Waals surface area contributed by atoms with Gasteiger partial charge in [-0.25, -0.2) is 4.99 Å². The molecule has 13 aromatic rings. The zero-order chi connectivity index (χ0) is 49.4. The summed E-state index contributed by atoms with van der Waals surface area (Å²) in [5, 5.41) is 4.63. The topological polar surface area (TPSA) is 63.5 Å². The van der Waals surface area contributed by atoms with Crippen molar-refractivity contribution in [1.82, 2.24) is 9.24 Å². The fourth-order valence-corrected chi connectivity index (χ4v) is 10.5. The molecule has 6 heteroatoms. The van der Waals surface area contributed by atoms with Gasteiger partial charge in [0.05, 0.1) is 22.1 Å². The second-order valence-electron chi connectivity index (χ2n) is 18.7. The summed E-state index contributed by atoms with van der Waals surface area (Å²) in [6, 6.07) is 99.0. The summed E-state index contributed by atoms with van der Waals surface area (Å²) in [5.74, 6) is 0.674. The van der Waals surface area contributed by atoms with E-state index in [9.17, 15) is 0 Å². The van der Waals surface area contributed by atoms with E-state index in [1.54, 1.807) is 0 Å². The standard InChI is InChI=1S/C68H50N6/c69-67(49-23-11-3-12-24-49)70-68(50-25-13-4-14-26-50)71-74-65-41-33-52(48-21-9-2-10-22-48)44-61(65)62-46-54(34-42-66(62)74)53-32-40-64-60(45-53)59-43-51(47-19-7-1-8-20-47)31-39-63(59)73(64)58-37-35-57(36-38-58)72(55-27-15-5-16-28-55)56-29-17-6-18-30-56/h1-46,67H,69H2,(H,70,71). The molecule has 0 fully saturated rings. The van der Waals surface area contributed by atoms with Crippen LogP contribution in [0.15, 0.2) is 284 Å². The average molecular weight is 951 g/mol. The van der Waals surface area contributed by atoms with Crippen LogP contribution in [0.1, 0.15) is 17.3 Å². The molecule has 352 valence electrons. The largest absolute Gasteiger partial charge is 0.311 e. The normalized spacial score (nSPS) is 12.1. The van der Waals surface area contributed by atoms with E-state index in [0.717, 1.165) is 89.0 Å². The summed E-state index contributed by atoms with van der Waals surface area (Å²) in [5.41, 5.74) is 28.1. The fourth-order valence-electron chi connectivity index (χ4n) is 10.5. The van der Waals surface area contributed by atoms with Crippen molar-refractivity contribution >= 4 is 66.5 Å². The second kappa shape index (κ2) is 19.1. The zero-order valence-corrected chi connectivity index (χ0v) is 40.5. The summed E-state index contributed by atoms with van der Waals surface area (Å²) in [4.78, 5) is 7.44. The van der Waals surface area contributed by atoms with Crippen LogP contribution in [-0.2, 0) is 0 Å². The number of anilines is 3. The highest BCUT2D eigenvalue weighted by Gasteiger charge is 2.20. The van der Waals surface area contributed by atoms with Crippen LogP contribution in [0.4, 0.5) is 17.1 Å². The molecule has 0 aliphatic rings. The number of aromatic nitrogens is 2. The van der Waals surface area contributed by atoms with Gasteiger partial charge in [0.2, 0.25) is 0 Å². The minimum absolute atomic E-state index is 0.572. The van der Waals surface area contributed by atoms with Crippen molar-refractivity contribution in [3.63, 3.8) is 0 Å². The number of nitrogens with zero attached hydrogens (tertiary/aromatic N) is 4. The van der Waals surface area contributed by atoms with Crippen LogP contribution in [0.3, 0.4) is 0 Å². The third kappa shape index (κ3) is 8.25. The Kier molecular flexibility index (Phi) is 11.4. The van der Waals surface area contributed by atoms with Gasteiger partial charge in [-0.2, -0.15) is 0 Å². The van der Waals surface area contributed by atoms with Crippen molar-refractivity contribution in [1.29, 1.82) is 0 Å². The van der Waals surface area contributed by atoms with E-state index in [-0.39, 0.29) is 0 Å². The van der Waals surface area contributed by atoms with Crippen molar-refractivity contribution < 1.29 is 0 Å². The Labute approximate surface area is 430 Å². The van der Waals surface area contributed by atoms with E-state index in [1.165, 1.54) is 21.9 Å². The fraction of sp³-hybridized carbons (Fsp3) is 0.0147. The van der Waals surface area contributed by atoms with Crippen LogP contribution in [0, 0.1) is 0 Å². The lowest BCUT2D eigenvalue weighted by Crippen LogP contribution is -2.25. The predicted molar refractivity (Wildman–Crippen MR) is 310 cm³/mol. The lowest BCUT2D eigenvalue weighted by Gasteiger charge is -2.25. The molecule has 1 unspecified atom stereocenters. The molecule has 1 atom stereocenters. The highest BCUT2D eigenvalue weighted by atomic mass is 15.4. The molecule has 0 amide bonds. The molecule has 0 radical (unpaired) electrons. The number of fused-ring (bicyclic) bond motifs is 6. The van der Waals surface area contributed by atoms with E-state index in [4.69, 9.17) is 10.7 Å². The molecule has 0 bridgehead atoms. The van der Waals surface area contributed by atoms with Gasteiger partial charge in [0.1, 0.15) is 12.0 Å². The summed E-state index contributed by atoms with van der Waals surface area (Å²) in [7, 11) is 0. The number of amidine groups is 1. The lowest BCUT2D eigenvalue weighted by atomic mass is 9.98. The number of para-hydroxylation sites is 2. The van der Waals surface area contributed by atoms with Crippen molar-refractivity contribution in [2.45, 2.75) is 6.17 Å². The van der Waals surface area contributed by atoms with E-state index in [1.807, 2.05) is 48.5 Å². The Morgan fingerprint density at radius 3 is 1.19 bits per heavy atom. The molecule has 0 aliphatic heterocycles. The average Bonchev–Trinajstić information content (AvgIpc) is 3.97. The molecule has 6 nitrogen and oxygen atoms in total. The van der Waals surface area contributed by atoms with Gasteiger partial charge in [0.25, 0.3) is 0 Å². The Balaban J connectivity index is 0.959. The Bertz CT molecular complexity index is 4090. The maximum Gasteiger partial charge on any atom is 0.149 e. The number of rotatable bonds is 11. The minimum Gasteiger partial charge on any atom is -0.311 e. The number of hydrogen-bond acceptors (Lipinski definition) is 3. The third-order valence-electron chi connectivity index (χ3n) is 14.1. The molecule has 11 aromatic carbocycles. The molecule has 74 heavy (non-hydrogen) atoms. The molecule has 2 heterocycles. The van der Waals surface area contributed by atoms with Crippen molar-refractivity contribution in [3.05, 3.63) is 290 Å². The quantitative estimate of drug-likeness (QED) is 0.100. The second-order valence-corrected chi connectivity index (χ2v) is 18.7. The number of nitrogens with one attached hydrogen (secondary N) is 1. The van der Waals surface area contributed by atoms with Crippen LogP contribution in [-0.4, -0.2) is 15.1 Å². The van der Waals surface area contributed by atoms with Crippen LogP contribution in [0.25, 0.3) is 82.7 Å². The first-order valence-electron chi connectivity index (χ1n) is 25.1. The number of nitrogens with two attached hydrogens (primary N) is 1. The SMILES string of the molecule is NC(/N=C(\Nn1c2ccc(-c3ccccc3)cc2c2cc(-c3ccc4c(c3)c3cc(-c5ccccc5)ccc3n4-c3ccc(N(c4ccccc4)c4ccccc4)cc3)ccc21)c1ccccc1)c1ccccc1. The number of aliphatic imine (C=N–C) groups is 1. The number of hydrogen-bond donors (Lipinski definition) is 2. The smallest absolute Gasteiger partial charge is 0.149 e. The van der Waals surface area contributed by atoms with Crippen LogP contribution in [0.2, 0.25) is 0 Å². The lowest BCUT2D eigenvalue weighted by molar-refractivity contribution is 0.773. The zero-order valence-electron chi connectivity index (χ0n) is 40.5. The first kappa shape index (κ1) is 44.2. The van der Waals surface area contributed by atoms with Gasteiger partial charge >= 0.3 is 0 Å². The monoisotopic (exact) mass is 950 g/mol. The van der Waals surface area contributed by atoms with Crippen molar-refractivity contribution in [2.75, 3.05) is 10.3 Å². The molecular formula is C68H50N6. The first-order chi connectivity index (χ1) is 36.6. The van der Waals surface area contributed by atoms with Crippen LogP contribution >= 0.6 is 0 Å². The summed E-state index contributed by atoms with van der Waals surface area (Å²) >= 11 is 0. The van der Waals surface area contributed by atoms with Gasteiger partial charge in [0.15, 0.2) is 0 Å². The van der Waals surface area contributed by atoms with E-state index in [0.29, 0.717) is 5.84 Å². The van der Waals surface area contributed by atoms with Gasteiger partial charge in [-0.05, 0) is 136 Å². The van der Waals surface area contributed by atoms with E-state index in [2.05, 4.69) is 250 Å².